The summed E-state index contributed by atoms with van der Waals surface area (Å²) in [4.78, 5) is 11.6. The predicted molar refractivity (Wildman–Crippen MR) is 84.0 cm³/mol. The van der Waals surface area contributed by atoms with Crippen LogP contribution in [0.1, 0.15) is 67.2 Å². The van der Waals surface area contributed by atoms with Crippen molar-refractivity contribution >= 4 is 5.78 Å². The summed E-state index contributed by atoms with van der Waals surface area (Å²) in [6.07, 6.45) is 3.41. The van der Waals surface area contributed by atoms with Crippen LogP contribution in [0.25, 0.3) is 0 Å². The smallest absolute Gasteiger partial charge is 0.135 e. The van der Waals surface area contributed by atoms with Gasteiger partial charge < -0.3 is 9.47 Å². The van der Waals surface area contributed by atoms with Crippen LogP contribution in [-0.4, -0.2) is 32.2 Å². The van der Waals surface area contributed by atoms with E-state index in [4.69, 9.17) is 9.47 Å². The Morgan fingerprint density at radius 3 is 1.85 bits per heavy atom. The van der Waals surface area contributed by atoms with Crippen molar-refractivity contribution in [3.8, 4) is 0 Å². The Kier molecular flexibility index (Phi) is 9.32. The van der Waals surface area contributed by atoms with Crippen molar-refractivity contribution in [3.63, 3.8) is 0 Å². The van der Waals surface area contributed by atoms with Gasteiger partial charge in [0.2, 0.25) is 0 Å². The van der Waals surface area contributed by atoms with E-state index in [1.54, 1.807) is 0 Å². The first-order chi connectivity index (χ1) is 9.10. The van der Waals surface area contributed by atoms with Crippen molar-refractivity contribution < 1.29 is 14.3 Å². The molecule has 0 rings (SSSR count). The normalized spacial score (nSPS) is 12.7. The number of carbonyl (C=O) groups excluding carboxylic acids is 1. The summed E-state index contributed by atoms with van der Waals surface area (Å²) < 4.78 is 10.9. The molecule has 0 aliphatic carbocycles. The van der Waals surface area contributed by atoms with Gasteiger partial charge in [0.15, 0.2) is 0 Å². The summed E-state index contributed by atoms with van der Waals surface area (Å²) in [5.41, 5.74) is 0.459. The van der Waals surface area contributed by atoms with Gasteiger partial charge in [0.05, 0.1) is 19.8 Å². The molecule has 0 bridgehead atoms. The molecule has 120 valence electrons. The Bertz CT molecular complexity index is 258. The maximum atomic E-state index is 11.6. The lowest BCUT2D eigenvalue weighted by Crippen LogP contribution is -2.15. The monoisotopic (exact) mass is 286 g/mol. The zero-order valence-electron chi connectivity index (χ0n) is 14.4. The van der Waals surface area contributed by atoms with Crippen LogP contribution in [0.3, 0.4) is 0 Å². The Balaban J connectivity index is 3.31. The van der Waals surface area contributed by atoms with Crippen molar-refractivity contribution in [2.45, 2.75) is 67.2 Å². The molecule has 0 aromatic carbocycles. The van der Waals surface area contributed by atoms with Crippen LogP contribution in [0.5, 0.6) is 0 Å². The number of Topliss-reactive ketones (excluding diaryl/α,β-unsaturated/α-hetero) is 1. The van der Waals surface area contributed by atoms with E-state index in [9.17, 15) is 4.79 Å². The van der Waals surface area contributed by atoms with Crippen LogP contribution in [-0.2, 0) is 14.3 Å². The zero-order chi connectivity index (χ0) is 15.6. The molecule has 0 atom stereocenters. The first kappa shape index (κ1) is 19.6. The molecule has 0 amide bonds. The van der Waals surface area contributed by atoms with E-state index in [0.29, 0.717) is 38.1 Å². The third-order valence-electron chi connectivity index (χ3n) is 2.84. The van der Waals surface area contributed by atoms with Crippen LogP contribution >= 0.6 is 0 Å². The van der Waals surface area contributed by atoms with Gasteiger partial charge in [-0.3, -0.25) is 4.79 Å². The first-order valence-electron chi connectivity index (χ1n) is 7.77. The number of ketones is 1. The van der Waals surface area contributed by atoms with E-state index in [-0.39, 0.29) is 11.2 Å². The van der Waals surface area contributed by atoms with Gasteiger partial charge in [0, 0.05) is 19.4 Å². The summed E-state index contributed by atoms with van der Waals surface area (Å²) >= 11 is 0. The van der Waals surface area contributed by atoms with E-state index >= 15 is 0 Å². The third kappa shape index (κ3) is 15.6. The third-order valence-corrected chi connectivity index (χ3v) is 2.84. The van der Waals surface area contributed by atoms with Crippen LogP contribution in [0.4, 0.5) is 0 Å². The zero-order valence-corrected chi connectivity index (χ0v) is 14.4. The van der Waals surface area contributed by atoms with Crippen molar-refractivity contribution in [2.75, 3.05) is 26.4 Å². The lowest BCUT2D eigenvalue weighted by atomic mass is 9.89. The van der Waals surface area contributed by atoms with Crippen molar-refractivity contribution in [2.24, 2.45) is 10.8 Å². The SMILES string of the molecule is CC(C)(C)CCCOCCOCCC(=O)CC(C)(C)C. The van der Waals surface area contributed by atoms with E-state index in [0.717, 1.165) is 13.0 Å². The second-order valence-electron chi connectivity index (χ2n) is 7.92. The van der Waals surface area contributed by atoms with E-state index in [1.165, 1.54) is 6.42 Å². The standard InChI is InChI=1S/C17H34O3/c1-16(2,3)9-7-10-19-12-13-20-11-8-15(18)14-17(4,5)6/h7-14H2,1-6H3. The molecule has 20 heavy (non-hydrogen) atoms. The lowest BCUT2D eigenvalue weighted by molar-refractivity contribution is -0.121. The molecule has 0 aliphatic heterocycles. The molecular formula is C17H34O3. The van der Waals surface area contributed by atoms with Crippen LogP contribution < -0.4 is 0 Å². The quantitative estimate of drug-likeness (QED) is 0.563. The first-order valence-corrected chi connectivity index (χ1v) is 7.77. The summed E-state index contributed by atoms with van der Waals surface area (Å²) in [6, 6.07) is 0. The minimum Gasteiger partial charge on any atom is -0.379 e. The molecule has 0 spiro atoms. The largest absolute Gasteiger partial charge is 0.379 e. The van der Waals surface area contributed by atoms with Crippen molar-refractivity contribution in [1.82, 2.24) is 0 Å². The molecule has 0 radical (unpaired) electrons. The minimum atomic E-state index is 0.0766. The molecule has 0 heterocycles. The highest BCUT2D eigenvalue weighted by atomic mass is 16.5. The lowest BCUT2D eigenvalue weighted by Gasteiger charge is -2.17. The Hall–Kier alpha value is -0.410. The van der Waals surface area contributed by atoms with Gasteiger partial charge in [-0.15, -0.1) is 0 Å². The van der Waals surface area contributed by atoms with Gasteiger partial charge in [-0.1, -0.05) is 41.5 Å². The summed E-state index contributed by atoms with van der Waals surface area (Å²) in [5.74, 6) is 0.281. The average Bonchev–Trinajstić information content (AvgIpc) is 2.22. The van der Waals surface area contributed by atoms with E-state index < -0.39 is 0 Å². The number of carbonyl (C=O) groups is 1. The fraction of sp³-hybridized carbons (Fsp3) is 0.941. The van der Waals surface area contributed by atoms with Gasteiger partial charge >= 0.3 is 0 Å². The highest BCUT2D eigenvalue weighted by Gasteiger charge is 2.15. The Labute approximate surface area is 125 Å². The van der Waals surface area contributed by atoms with Gasteiger partial charge in [-0.2, -0.15) is 0 Å². The molecule has 0 aromatic heterocycles. The fourth-order valence-corrected chi connectivity index (χ4v) is 1.89. The topological polar surface area (TPSA) is 35.5 Å². The Morgan fingerprint density at radius 1 is 0.800 bits per heavy atom. The van der Waals surface area contributed by atoms with Crippen LogP contribution in [0.15, 0.2) is 0 Å². The number of rotatable bonds is 10. The summed E-state index contributed by atoms with van der Waals surface area (Å²) in [5, 5.41) is 0. The van der Waals surface area contributed by atoms with E-state index in [2.05, 4.69) is 41.5 Å². The summed E-state index contributed by atoms with van der Waals surface area (Å²) in [6.45, 7) is 15.5. The molecule has 0 unspecified atom stereocenters. The molecule has 0 fully saturated rings. The second kappa shape index (κ2) is 9.51. The molecular weight excluding hydrogens is 252 g/mol. The van der Waals surface area contributed by atoms with Gasteiger partial charge in [0.1, 0.15) is 5.78 Å². The van der Waals surface area contributed by atoms with Gasteiger partial charge in [0.25, 0.3) is 0 Å². The molecule has 3 heteroatoms. The number of hydrogen-bond donors (Lipinski definition) is 0. The predicted octanol–water partition coefficient (Wildman–Crippen LogP) is 4.24. The molecule has 0 aliphatic rings. The maximum Gasteiger partial charge on any atom is 0.135 e. The fourth-order valence-electron chi connectivity index (χ4n) is 1.89. The molecule has 0 aromatic rings. The second-order valence-corrected chi connectivity index (χ2v) is 7.92. The van der Waals surface area contributed by atoms with Gasteiger partial charge in [-0.05, 0) is 23.7 Å². The minimum absolute atomic E-state index is 0.0766. The molecule has 0 saturated carbocycles. The highest BCUT2D eigenvalue weighted by molar-refractivity contribution is 5.79. The molecule has 0 saturated heterocycles. The van der Waals surface area contributed by atoms with E-state index in [1.807, 2.05) is 0 Å². The highest BCUT2D eigenvalue weighted by Crippen LogP contribution is 2.20. The van der Waals surface area contributed by atoms with Gasteiger partial charge in [-0.25, -0.2) is 0 Å². The summed E-state index contributed by atoms with van der Waals surface area (Å²) in [7, 11) is 0. The molecule has 3 nitrogen and oxygen atoms in total. The van der Waals surface area contributed by atoms with Crippen LogP contribution in [0, 0.1) is 10.8 Å². The average molecular weight is 286 g/mol. The maximum absolute atomic E-state index is 11.6. The van der Waals surface area contributed by atoms with Crippen LogP contribution in [0.2, 0.25) is 0 Å². The number of ether oxygens (including phenoxy) is 2. The molecule has 0 N–H and O–H groups in total. The Morgan fingerprint density at radius 2 is 1.35 bits per heavy atom. The van der Waals surface area contributed by atoms with Crippen molar-refractivity contribution in [3.05, 3.63) is 0 Å². The van der Waals surface area contributed by atoms with Crippen molar-refractivity contribution in [1.29, 1.82) is 0 Å². The number of hydrogen-bond acceptors (Lipinski definition) is 3.